The molecule has 0 unspecified atom stereocenters. The van der Waals surface area contributed by atoms with Crippen molar-refractivity contribution in [2.45, 2.75) is 62.8 Å². The van der Waals surface area contributed by atoms with E-state index in [2.05, 4.69) is 36.6 Å². The third-order valence-electron chi connectivity index (χ3n) is 4.38. The van der Waals surface area contributed by atoms with E-state index < -0.39 is 15.4 Å². The lowest BCUT2D eigenvalue weighted by molar-refractivity contribution is 0.0120. The number of hydrogen-bond donors (Lipinski definition) is 0. The van der Waals surface area contributed by atoms with Gasteiger partial charge >= 0.3 is 0 Å². The van der Waals surface area contributed by atoms with Gasteiger partial charge in [0.1, 0.15) is 16.2 Å². The fourth-order valence-corrected chi connectivity index (χ4v) is 4.58. The maximum atomic E-state index is 10.9. The molecule has 15 heteroatoms. The van der Waals surface area contributed by atoms with E-state index in [-0.39, 0.29) is 10.6 Å². The van der Waals surface area contributed by atoms with Crippen molar-refractivity contribution in [3.63, 3.8) is 0 Å². The molecule has 0 saturated carbocycles. The molecule has 0 aliphatic carbocycles. The predicted octanol–water partition coefficient (Wildman–Crippen LogP) is 4.55. The lowest BCUT2D eigenvalue weighted by Gasteiger charge is -2.12. The first-order valence-electron chi connectivity index (χ1n) is 10.6. The molecule has 0 spiro atoms. The van der Waals surface area contributed by atoms with Gasteiger partial charge < -0.3 is 28.2 Å². The second-order valence-corrected chi connectivity index (χ2v) is 12.5. The predicted molar refractivity (Wildman–Crippen MR) is 139 cm³/mol. The number of methoxy groups -OCH3 is 2. The fraction of sp³-hybridized carbons (Fsp3) is 0.619. The Morgan fingerprint density at radius 1 is 0.944 bits per heavy atom. The SMILES string of the molecule is CC1(C)CC(S(C)(=O)=O)=NO1.COc1cc(CBr)on1.COc1cc(CSC2=NOC(C)(C)C2)on1. The molecule has 36 heavy (non-hydrogen) atoms. The summed E-state index contributed by atoms with van der Waals surface area (Å²) in [7, 11) is -0.0354. The number of ether oxygens (including phenoxy) is 2. The molecule has 0 bridgehead atoms. The van der Waals surface area contributed by atoms with E-state index in [0.717, 1.165) is 29.2 Å². The molecule has 4 rings (SSSR count). The van der Waals surface area contributed by atoms with Crippen LogP contribution in [0.15, 0.2) is 31.5 Å². The molecular formula is C21H31BrN4O8S2. The van der Waals surface area contributed by atoms with Crippen molar-refractivity contribution in [1.82, 2.24) is 10.3 Å². The van der Waals surface area contributed by atoms with Crippen molar-refractivity contribution in [1.29, 1.82) is 0 Å². The van der Waals surface area contributed by atoms with Crippen LogP contribution in [0.4, 0.5) is 0 Å². The summed E-state index contributed by atoms with van der Waals surface area (Å²) >= 11 is 4.81. The van der Waals surface area contributed by atoms with Crippen molar-refractivity contribution >= 4 is 47.6 Å². The molecule has 0 fully saturated rings. The minimum atomic E-state index is -3.15. The van der Waals surface area contributed by atoms with Gasteiger partial charge in [-0.1, -0.05) is 38.0 Å². The van der Waals surface area contributed by atoms with E-state index >= 15 is 0 Å². The summed E-state index contributed by atoms with van der Waals surface area (Å²) in [5.41, 5.74) is -0.639. The van der Waals surface area contributed by atoms with E-state index in [0.29, 0.717) is 29.3 Å². The zero-order valence-electron chi connectivity index (χ0n) is 21.2. The molecule has 0 amide bonds. The maximum absolute atomic E-state index is 10.9. The Bertz CT molecular complexity index is 1140. The largest absolute Gasteiger partial charge is 0.479 e. The number of thioether (sulfide) groups is 1. The van der Waals surface area contributed by atoms with E-state index in [9.17, 15) is 8.42 Å². The Hall–Kier alpha value is -2.26. The van der Waals surface area contributed by atoms with Gasteiger partial charge in [-0.25, -0.2) is 8.42 Å². The van der Waals surface area contributed by atoms with Crippen molar-refractivity contribution in [3.8, 4) is 11.8 Å². The average molecular weight is 612 g/mol. The molecule has 0 N–H and O–H groups in total. The van der Waals surface area contributed by atoms with Crippen LogP contribution in [0.3, 0.4) is 0 Å². The smallest absolute Gasteiger partial charge is 0.254 e. The van der Waals surface area contributed by atoms with Gasteiger partial charge in [0.05, 0.1) is 25.3 Å². The average Bonchev–Trinajstić information content (AvgIpc) is 3.59. The standard InChI is InChI=1S/C10H14N2O3S.C6H11NO3S.C5H6BrNO2/c1-10(2)5-9(12-15-10)16-6-7-4-8(13-3)11-14-7;1-6(2)4-5(7-10-6)11(3,8)9;1-8-5-2-4(3-6)9-7-5/h4H,5-6H2,1-3H3;4H2,1-3H3;2H,3H2,1H3. The van der Waals surface area contributed by atoms with Gasteiger partial charge in [0.15, 0.2) is 26.4 Å². The minimum absolute atomic E-state index is 0.141. The molecule has 0 radical (unpaired) electrons. The van der Waals surface area contributed by atoms with Crippen LogP contribution in [0.1, 0.15) is 52.1 Å². The van der Waals surface area contributed by atoms with E-state index in [1.54, 1.807) is 52.0 Å². The number of halogens is 1. The summed E-state index contributed by atoms with van der Waals surface area (Å²) in [4.78, 5) is 10.2. The lowest BCUT2D eigenvalue weighted by atomic mass is 10.1. The summed E-state index contributed by atoms with van der Waals surface area (Å²) in [5.74, 6) is 3.25. The summed E-state index contributed by atoms with van der Waals surface area (Å²) < 4.78 is 41.4. The van der Waals surface area contributed by atoms with Gasteiger partial charge in [0, 0.05) is 31.2 Å². The Kier molecular flexibility index (Phi) is 10.7. The van der Waals surface area contributed by atoms with Crippen LogP contribution in [0.2, 0.25) is 0 Å². The zero-order valence-corrected chi connectivity index (χ0v) is 24.5. The van der Waals surface area contributed by atoms with Crippen molar-refractivity contribution in [2.75, 3.05) is 20.5 Å². The maximum Gasteiger partial charge on any atom is 0.254 e. The van der Waals surface area contributed by atoms with Crippen LogP contribution < -0.4 is 9.47 Å². The van der Waals surface area contributed by atoms with E-state index in [1.165, 1.54) is 0 Å². The molecule has 2 aliphatic rings. The number of rotatable bonds is 5. The van der Waals surface area contributed by atoms with Gasteiger partial charge in [-0.05, 0) is 38.0 Å². The monoisotopic (exact) mass is 610 g/mol. The highest BCUT2D eigenvalue weighted by Gasteiger charge is 2.33. The second-order valence-electron chi connectivity index (χ2n) is 8.89. The number of sulfone groups is 1. The third kappa shape index (κ3) is 10.0. The van der Waals surface area contributed by atoms with Crippen molar-refractivity contribution < 1.29 is 36.6 Å². The first kappa shape index (κ1) is 30.0. The Morgan fingerprint density at radius 3 is 1.83 bits per heavy atom. The summed E-state index contributed by atoms with van der Waals surface area (Å²) in [6.07, 6.45) is 2.34. The molecule has 2 aromatic rings. The highest BCUT2D eigenvalue weighted by atomic mass is 79.9. The Balaban J connectivity index is 0.000000200. The highest BCUT2D eigenvalue weighted by molar-refractivity contribution is 9.08. The molecule has 12 nitrogen and oxygen atoms in total. The number of aromatic nitrogens is 2. The molecule has 0 saturated heterocycles. The third-order valence-corrected chi connectivity index (χ3v) is 6.99. The molecule has 4 heterocycles. The number of nitrogens with zero attached hydrogens (tertiary/aromatic N) is 4. The van der Waals surface area contributed by atoms with E-state index in [1.807, 2.05) is 13.8 Å². The van der Waals surface area contributed by atoms with Crippen LogP contribution in [-0.4, -0.2) is 60.5 Å². The molecular weight excluding hydrogens is 580 g/mol. The molecule has 0 aromatic carbocycles. The lowest BCUT2D eigenvalue weighted by Crippen LogP contribution is -2.21. The van der Waals surface area contributed by atoms with Gasteiger partial charge in [0.25, 0.3) is 11.8 Å². The van der Waals surface area contributed by atoms with Gasteiger partial charge in [-0.3, -0.25) is 0 Å². The van der Waals surface area contributed by atoms with Gasteiger partial charge in [-0.15, -0.1) is 0 Å². The normalized spacial score (nSPS) is 17.3. The molecule has 2 aliphatic heterocycles. The first-order chi connectivity index (χ1) is 16.8. The van der Waals surface area contributed by atoms with Crippen LogP contribution in [0.5, 0.6) is 11.8 Å². The van der Waals surface area contributed by atoms with Crippen molar-refractivity contribution in [3.05, 3.63) is 23.7 Å². The summed E-state index contributed by atoms with van der Waals surface area (Å²) in [6.45, 7) is 7.63. The zero-order chi connectivity index (χ0) is 27.0. The minimum Gasteiger partial charge on any atom is -0.479 e. The second kappa shape index (κ2) is 12.8. The Labute approximate surface area is 223 Å². The number of hydrogen-bond acceptors (Lipinski definition) is 13. The van der Waals surface area contributed by atoms with E-state index in [4.69, 9.17) is 28.2 Å². The fourth-order valence-electron chi connectivity index (χ4n) is 2.55. The van der Waals surface area contributed by atoms with Gasteiger partial charge in [0.2, 0.25) is 0 Å². The quantitative estimate of drug-likeness (QED) is 0.439. The molecule has 0 atom stereocenters. The van der Waals surface area contributed by atoms with Crippen LogP contribution in [0, 0.1) is 0 Å². The first-order valence-corrected chi connectivity index (χ1v) is 14.6. The summed E-state index contributed by atoms with van der Waals surface area (Å²) in [5, 5.41) is 16.6. The Morgan fingerprint density at radius 2 is 1.47 bits per heavy atom. The topological polar surface area (TPSA) is 148 Å². The highest BCUT2D eigenvalue weighted by Crippen LogP contribution is 2.29. The summed E-state index contributed by atoms with van der Waals surface area (Å²) in [6, 6.07) is 3.50. The van der Waals surface area contributed by atoms with Crippen LogP contribution in [-0.2, 0) is 30.6 Å². The number of alkyl halides is 1. The van der Waals surface area contributed by atoms with Crippen molar-refractivity contribution in [2.24, 2.45) is 10.3 Å². The van der Waals surface area contributed by atoms with Crippen LogP contribution >= 0.6 is 27.7 Å². The molecule has 202 valence electrons. The van der Waals surface area contributed by atoms with Crippen LogP contribution in [0.25, 0.3) is 0 Å². The molecule has 2 aromatic heterocycles. The van der Waals surface area contributed by atoms with Gasteiger partial charge in [-0.2, -0.15) is 0 Å². The number of oxime groups is 2.